The third kappa shape index (κ3) is 14.8. The molecule has 1 saturated heterocycles. The fraction of sp³-hybridized carbons (Fsp3) is 0.679. The van der Waals surface area contributed by atoms with E-state index in [2.05, 4.69) is 21.8 Å². The molecule has 1 aromatic carbocycles. The first-order valence-corrected chi connectivity index (χ1v) is 12.9. The molecule has 0 aromatic heterocycles. The molecule has 2 rings (SSSR count). The van der Waals surface area contributed by atoms with Crippen molar-refractivity contribution in [2.75, 3.05) is 26.2 Å². The van der Waals surface area contributed by atoms with Gasteiger partial charge in [0.1, 0.15) is 16.8 Å². The Bertz CT molecular complexity index is 859. The topological polar surface area (TPSA) is 115 Å². The first-order chi connectivity index (χ1) is 17.4. The lowest BCUT2D eigenvalue weighted by atomic mass is 10.1. The van der Waals surface area contributed by atoms with E-state index in [0.29, 0.717) is 13.0 Å². The zero-order valence-electron chi connectivity index (χ0n) is 24.4. The number of piperazine rings is 1. The van der Waals surface area contributed by atoms with Gasteiger partial charge in [0.15, 0.2) is 0 Å². The van der Waals surface area contributed by atoms with Crippen LogP contribution in [0.25, 0.3) is 0 Å². The Balaban J connectivity index is 0.000000420. The van der Waals surface area contributed by atoms with Gasteiger partial charge in [0.05, 0.1) is 0 Å². The monoisotopic (exact) mass is 538 g/mol. The molecule has 0 aliphatic carbocycles. The summed E-state index contributed by atoms with van der Waals surface area (Å²) in [5.74, 6) is 0. The fourth-order valence-electron chi connectivity index (χ4n) is 3.47. The third-order valence-electron chi connectivity index (χ3n) is 4.85. The van der Waals surface area contributed by atoms with E-state index in [-0.39, 0.29) is 18.7 Å². The first kappa shape index (κ1) is 33.2. The zero-order valence-corrected chi connectivity index (χ0v) is 24.4. The van der Waals surface area contributed by atoms with Gasteiger partial charge in [-0.05, 0) is 74.3 Å². The van der Waals surface area contributed by atoms with Crippen LogP contribution in [0.3, 0.4) is 0 Å². The molecule has 1 aliphatic rings. The molecule has 1 aromatic rings. The van der Waals surface area contributed by atoms with Crippen LogP contribution in [0.5, 0.6) is 0 Å². The van der Waals surface area contributed by atoms with Crippen molar-refractivity contribution >= 4 is 18.4 Å². The molecule has 0 spiro atoms. The van der Waals surface area contributed by atoms with Crippen LogP contribution in [0.2, 0.25) is 0 Å². The lowest BCUT2D eigenvalue weighted by molar-refractivity contribution is -0.0294. The second-order valence-electron chi connectivity index (χ2n) is 12.1. The Kier molecular flexibility index (Phi) is 12.5. The summed E-state index contributed by atoms with van der Waals surface area (Å²) in [6.45, 7) is 18.8. The van der Waals surface area contributed by atoms with Crippen molar-refractivity contribution in [2.24, 2.45) is 0 Å². The number of carbonyl (C=O) groups excluding carboxylic acids is 3. The van der Waals surface area contributed by atoms with Crippen molar-refractivity contribution in [1.82, 2.24) is 9.80 Å². The highest BCUT2D eigenvalue weighted by Gasteiger charge is 2.33. The second kappa shape index (κ2) is 14.3. The van der Waals surface area contributed by atoms with Crippen LogP contribution in [0, 0.1) is 0 Å². The van der Waals surface area contributed by atoms with Gasteiger partial charge < -0.3 is 29.0 Å². The van der Waals surface area contributed by atoms with E-state index < -0.39 is 29.1 Å². The molecule has 1 atom stereocenters. The molecule has 0 radical (unpaired) electrons. The van der Waals surface area contributed by atoms with Crippen molar-refractivity contribution in [3.8, 4) is 0 Å². The third-order valence-corrected chi connectivity index (χ3v) is 4.85. The van der Waals surface area contributed by atoms with E-state index in [9.17, 15) is 19.5 Å². The summed E-state index contributed by atoms with van der Waals surface area (Å²) in [6, 6.07) is 10.3. The Morgan fingerprint density at radius 2 is 1.32 bits per heavy atom. The number of hydrogen-bond acceptors (Lipinski definition) is 9. The summed E-state index contributed by atoms with van der Waals surface area (Å²) in [4.78, 5) is 38.5. The summed E-state index contributed by atoms with van der Waals surface area (Å²) in [6.07, 6.45) is -1.83. The van der Waals surface area contributed by atoms with Crippen LogP contribution in [-0.2, 0) is 25.5 Å². The highest BCUT2D eigenvalue weighted by atomic mass is 16.8. The number of ether oxygens (including phenoxy) is 4. The average molecular weight is 539 g/mol. The Hall–Kier alpha value is -2.85. The van der Waals surface area contributed by atoms with Crippen LogP contribution in [0.4, 0.5) is 14.4 Å². The summed E-state index contributed by atoms with van der Waals surface area (Å²) in [5, 5.41) is 9.33. The minimum absolute atomic E-state index is 0.00712. The number of aliphatic hydroxyl groups is 1. The van der Waals surface area contributed by atoms with Crippen molar-refractivity contribution in [1.29, 1.82) is 0 Å². The molecular formula is C28H46N2O8. The number of nitrogens with zero attached hydrogens (tertiary/aromatic N) is 2. The average Bonchev–Trinajstić information content (AvgIpc) is 2.71. The fourth-order valence-corrected chi connectivity index (χ4v) is 3.47. The molecule has 0 bridgehead atoms. The normalized spacial score (nSPS) is 16.6. The maximum absolute atomic E-state index is 12.4. The Morgan fingerprint density at radius 1 is 0.816 bits per heavy atom. The molecule has 0 saturated carbocycles. The highest BCUT2D eigenvalue weighted by molar-refractivity contribution is 5.77. The van der Waals surface area contributed by atoms with E-state index >= 15 is 0 Å². The van der Waals surface area contributed by atoms with E-state index in [0.717, 1.165) is 19.6 Å². The second-order valence-corrected chi connectivity index (χ2v) is 12.1. The van der Waals surface area contributed by atoms with Crippen LogP contribution < -0.4 is 0 Å². The van der Waals surface area contributed by atoms with Crippen LogP contribution in [0.1, 0.15) is 74.3 Å². The SMILES string of the molecule is CC(C)(C)OC(=O)N1CCN(Cc2ccccc2)C[C@@H]1CCO.CC(C)(C)OC(=O)OC(=O)OC(C)(C)C. The predicted molar refractivity (Wildman–Crippen MR) is 144 cm³/mol. The number of benzene rings is 1. The van der Waals surface area contributed by atoms with Gasteiger partial charge in [-0.1, -0.05) is 30.3 Å². The molecule has 1 N–H and O–H groups in total. The molecule has 216 valence electrons. The minimum Gasteiger partial charge on any atom is -0.444 e. The van der Waals surface area contributed by atoms with Gasteiger partial charge in [0.2, 0.25) is 0 Å². The highest BCUT2D eigenvalue weighted by Crippen LogP contribution is 2.19. The smallest absolute Gasteiger partial charge is 0.444 e. The van der Waals surface area contributed by atoms with Crippen molar-refractivity contribution < 1.29 is 38.4 Å². The molecular weight excluding hydrogens is 492 g/mol. The quantitative estimate of drug-likeness (QED) is 0.307. The molecule has 10 heteroatoms. The van der Waals surface area contributed by atoms with Gasteiger partial charge >= 0.3 is 18.4 Å². The summed E-state index contributed by atoms with van der Waals surface area (Å²) < 4.78 is 19.3. The largest absolute Gasteiger partial charge is 0.519 e. The van der Waals surface area contributed by atoms with Gasteiger partial charge in [-0.2, -0.15) is 0 Å². The summed E-state index contributed by atoms with van der Waals surface area (Å²) in [7, 11) is 0. The lowest BCUT2D eigenvalue weighted by Crippen LogP contribution is -2.56. The standard InChI is InChI=1S/C18H28N2O3.C10H18O5/c1-18(2,3)23-17(22)20-11-10-19(14-16(20)9-12-21)13-15-7-5-4-6-8-15;1-9(2,3)14-7(11)13-8(12)15-10(4,5)6/h4-8,16,21H,9-14H2,1-3H3;1-6H3/t16-;/m0./s1. The number of rotatable bonds is 4. The molecule has 1 amide bonds. The number of carbonyl (C=O) groups is 3. The molecule has 0 unspecified atom stereocenters. The Morgan fingerprint density at radius 3 is 1.76 bits per heavy atom. The van der Waals surface area contributed by atoms with E-state index in [1.54, 1.807) is 46.4 Å². The van der Waals surface area contributed by atoms with Gasteiger partial charge in [-0.3, -0.25) is 4.90 Å². The summed E-state index contributed by atoms with van der Waals surface area (Å²) >= 11 is 0. The molecule has 1 aliphatic heterocycles. The van der Waals surface area contributed by atoms with Crippen LogP contribution in [-0.4, -0.2) is 82.4 Å². The van der Waals surface area contributed by atoms with Gasteiger partial charge in [0, 0.05) is 38.8 Å². The van der Waals surface area contributed by atoms with Gasteiger partial charge in [-0.25, -0.2) is 14.4 Å². The zero-order chi connectivity index (χ0) is 29.1. The van der Waals surface area contributed by atoms with E-state index in [4.69, 9.17) is 14.2 Å². The predicted octanol–water partition coefficient (Wildman–Crippen LogP) is 5.36. The minimum atomic E-state index is -1.06. The maximum atomic E-state index is 12.4. The molecule has 10 nitrogen and oxygen atoms in total. The molecule has 1 fully saturated rings. The van der Waals surface area contributed by atoms with Crippen molar-refractivity contribution in [2.45, 2.75) is 98.1 Å². The van der Waals surface area contributed by atoms with E-state index in [1.165, 1.54) is 5.56 Å². The van der Waals surface area contributed by atoms with Gasteiger partial charge in [0.25, 0.3) is 0 Å². The molecule has 1 heterocycles. The Labute approximate surface area is 227 Å². The number of amides is 1. The summed E-state index contributed by atoms with van der Waals surface area (Å²) in [5.41, 5.74) is -0.624. The molecule has 38 heavy (non-hydrogen) atoms. The first-order valence-electron chi connectivity index (χ1n) is 12.9. The van der Waals surface area contributed by atoms with Crippen LogP contribution in [0.15, 0.2) is 30.3 Å². The van der Waals surface area contributed by atoms with Crippen LogP contribution >= 0.6 is 0 Å². The number of aliphatic hydroxyl groups excluding tert-OH is 1. The van der Waals surface area contributed by atoms with Crippen molar-refractivity contribution in [3.63, 3.8) is 0 Å². The number of hydrogen-bond donors (Lipinski definition) is 1. The van der Waals surface area contributed by atoms with E-state index in [1.807, 2.05) is 39.0 Å². The van der Waals surface area contributed by atoms with Crippen molar-refractivity contribution in [3.05, 3.63) is 35.9 Å². The maximum Gasteiger partial charge on any atom is 0.519 e. The van der Waals surface area contributed by atoms with Gasteiger partial charge in [-0.15, -0.1) is 0 Å². The lowest BCUT2D eigenvalue weighted by Gasteiger charge is -2.41.